The summed E-state index contributed by atoms with van der Waals surface area (Å²) in [6.07, 6.45) is 0.0194. The molecule has 0 unspecified atom stereocenters. The molecule has 0 bridgehead atoms. The summed E-state index contributed by atoms with van der Waals surface area (Å²) in [5.74, 6) is -0.469. The van der Waals surface area contributed by atoms with Crippen molar-refractivity contribution in [1.82, 2.24) is 0 Å². The third-order valence-electron chi connectivity index (χ3n) is 4.78. The van der Waals surface area contributed by atoms with Gasteiger partial charge in [-0.05, 0) is 40.7 Å². The highest BCUT2D eigenvalue weighted by molar-refractivity contribution is 5.71. The summed E-state index contributed by atoms with van der Waals surface area (Å²) >= 11 is 0. The predicted molar refractivity (Wildman–Crippen MR) is 111 cm³/mol. The molecule has 0 fully saturated rings. The Morgan fingerprint density at radius 1 is 0.889 bits per heavy atom. The van der Waals surface area contributed by atoms with Crippen LogP contribution in [0.15, 0.2) is 36.4 Å². The molecule has 0 heterocycles. The maximum absolute atomic E-state index is 10.9. The Morgan fingerprint density at radius 2 is 1.33 bits per heavy atom. The largest absolute Gasteiger partial charge is 0.507 e. The zero-order valence-electron chi connectivity index (χ0n) is 17.4. The van der Waals surface area contributed by atoms with Crippen molar-refractivity contribution < 1.29 is 15.0 Å². The topological polar surface area (TPSA) is 60.8 Å². The minimum Gasteiger partial charge on any atom is -0.507 e. The fourth-order valence-corrected chi connectivity index (χ4v) is 3.12. The molecule has 0 saturated heterocycles. The maximum atomic E-state index is 10.9. The van der Waals surface area contributed by atoms with E-state index in [9.17, 15) is 9.90 Å². The van der Waals surface area contributed by atoms with Crippen LogP contribution in [0.1, 0.15) is 58.2 Å². The number of rotatable bonds is 4. The minimum absolute atomic E-state index is 0.0194. The summed E-state index contributed by atoms with van der Waals surface area (Å²) in [5, 5.41) is 19.8. The zero-order valence-corrected chi connectivity index (χ0v) is 17.4. The van der Waals surface area contributed by atoms with E-state index in [0.29, 0.717) is 5.75 Å². The number of nitrogens with zero attached hydrogens (tertiary/aromatic N) is 1. The summed E-state index contributed by atoms with van der Waals surface area (Å²) in [4.78, 5) is 12.9. The maximum Gasteiger partial charge on any atom is 0.307 e. The second-order valence-corrected chi connectivity index (χ2v) is 9.19. The summed E-state index contributed by atoms with van der Waals surface area (Å²) in [6, 6.07) is 11.6. The van der Waals surface area contributed by atoms with E-state index < -0.39 is 5.97 Å². The molecule has 0 aliphatic heterocycles. The van der Waals surface area contributed by atoms with Crippen molar-refractivity contribution in [3.8, 4) is 5.75 Å². The van der Waals surface area contributed by atoms with E-state index in [0.717, 1.165) is 28.1 Å². The molecule has 0 aromatic heterocycles. The number of carboxylic acids is 1. The van der Waals surface area contributed by atoms with Gasteiger partial charge in [-0.15, -0.1) is 0 Å². The zero-order chi connectivity index (χ0) is 20.6. The standard InChI is InChI=1S/C23H31NO3/c1-22(2,3)18-13-17(14-19(21(18)27)23(4,5)6)24(7)16-10-8-15(9-11-16)12-20(25)26/h8-11,13-14,27H,12H2,1-7H3,(H,25,26). The minimum atomic E-state index is -0.834. The van der Waals surface area contributed by atoms with E-state index in [4.69, 9.17) is 5.11 Å². The Hall–Kier alpha value is -2.49. The monoisotopic (exact) mass is 369 g/mol. The second-order valence-electron chi connectivity index (χ2n) is 9.19. The molecule has 0 saturated carbocycles. The van der Waals surface area contributed by atoms with E-state index in [1.165, 1.54) is 0 Å². The summed E-state index contributed by atoms with van der Waals surface area (Å²) in [6.45, 7) is 12.6. The van der Waals surface area contributed by atoms with Gasteiger partial charge in [0, 0.05) is 29.5 Å². The Balaban J connectivity index is 2.52. The molecule has 4 nitrogen and oxygen atoms in total. The Morgan fingerprint density at radius 3 is 1.70 bits per heavy atom. The second kappa shape index (κ2) is 7.26. The molecule has 0 radical (unpaired) electrons. The van der Waals surface area contributed by atoms with E-state index in [2.05, 4.69) is 46.4 Å². The summed E-state index contributed by atoms with van der Waals surface area (Å²) < 4.78 is 0. The molecule has 4 heteroatoms. The molecule has 0 aliphatic rings. The number of carbonyl (C=O) groups is 1. The number of aliphatic carboxylic acids is 1. The average molecular weight is 370 g/mol. The molecule has 0 aliphatic carbocycles. The lowest BCUT2D eigenvalue weighted by Gasteiger charge is -2.30. The first-order valence-corrected chi connectivity index (χ1v) is 9.23. The van der Waals surface area contributed by atoms with Crippen LogP contribution in [0.25, 0.3) is 0 Å². The predicted octanol–water partition coefficient (Wildman–Crippen LogP) is 5.38. The molecular weight excluding hydrogens is 338 g/mol. The highest BCUT2D eigenvalue weighted by Crippen LogP contribution is 2.42. The molecule has 0 atom stereocenters. The molecule has 27 heavy (non-hydrogen) atoms. The third-order valence-corrected chi connectivity index (χ3v) is 4.78. The number of hydrogen-bond acceptors (Lipinski definition) is 3. The number of phenolic OH excluding ortho intramolecular Hbond substituents is 1. The fraction of sp³-hybridized carbons (Fsp3) is 0.435. The van der Waals surface area contributed by atoms with Crippen molar-refractivity contribution in [1.29, 1.82) is 0 Å². The van der Waals surface area contributed by atoms with Gasteiger partial charge in [0.05, 0.1) is 6.42 Å². The Kier molecular flexibility index (Phi) is 5.60. The van der Waals surface area contributed by atoms with Gasteiger partial charge in [-0.25, -0.2) is 0 Å². The lowest BCUT2D eigenvalue weighted by Crippen LogP contribution is -2.19. The van der Waals surface area contributed by atoms with Gasteiger partial charge in [0.25, 0.3) is 0 Å². The van der Waals surface area contributed by atoms with Crippen molar-refractivity contribution in [2.75, 3.05) is 11.9 Å². The highest BCUT2D eigenvalue weighted by atomic mass is 16.4. The van der Waals surface area contributed by atoms with Gasteiger partial charge in [-0.2, -0.15) is 0 Å². The molecule has 2 aromatic rings. The third kappa shape index (κ3) is 4.82. The number of carboxylic acid groups (broad SMARTS) is 1. The van der Waals surface area contributed by atoms with Crippen LogP contribution in [0.5, 0.6) is 5.75 Å². The number of benzene rings is 2. The smallest absolute Gasteiger partial charge is 0.307 e. The van der Waals surface area contributed by atoms with Crippen molar-refractivity contribution in [3.63, 3.8) is 0 Å². The van der Waals surface area contributed by atoms with Crippen LogP contribution in [0.4, 0.5) is 11.4 Å². The van der Waals surface area contributed by atoms with Gasteiger partial charge in [0.15, 0.2) is 0 Å². The van der Waals surface area contributed by atoms with Crippen LogP contribution >= 0.6 is 0 Å². The molecule has 2 rings (SSSR count). The Labute approximate surface area is 162 Å². The van der Waals surface area contributed by atoms with Crippen LogP contribution < -0.4 is 4.90 Å². The molecule has 146 valence electrons. The van der Waals surface area contributed by atoms with Gasteiger partial charge >= 0.3 is 5.97 Å². The van der Waals surface area contributed by atoms with Crippen LogP contribution in [0.3, 0.4) is 0 Å². The van der Waals surface area contributed by atoms with Gasteiger partial charge in [0.2, 0.25) is 0 Å². The van der Waals surface area contributed by atoms with E-state index in [1.807, 2.05) is 43.4 Å². The molecule has 0 spiro atoms. The van der Waals surface area contributed by atoms with Gasteiger partial charge in [0.1, 0.15) is 5.75 Å². The van der Waals surface area contributed by atoms with Gasteiger partial charge in [-0.3, -0.25) is 4.79 Å². The van der Waals surface area contributed by atoms with Crippen LogP contribution in [0.2, 0.25) is 0 Å². The van der Waals surface area contributed by atoms with Crippen molar-refractivity contribution in [3.05, 3.63) is 53.1 Å². The van der Waals surface area contributed by atoms with Gasteiger partial charge < -0.3 is 15.1 Å². The molecule has 2 aromatic carbocycles. The normalized spacial score (nSPS) is 12.1. The molecule has 2 N–H and O–H groups in total. The van der Waals surface area contributed by atoms with Crippen molar-refractivity contribution in [2.24, 2.45) is 0 Å². The molecular formula is C23H31NO3. The first-order valence-electron chi connectivity index (χ1n) is 9.23. The summed E-state index contributed by atoms with van der Waals surface area (Å²) in [5.41, 5.74) is 4.19. The number of aromatic hydroxyl groups is 1. The van der Waals surface area contributed by atoms with Gasteiger partial charge in [-0.1, -0.05) is 53.7 Å². The number of phenols is 1. The van der Waals surface area contributed by atoms with E-state index >= 15 is 0 Å². The first kappa shape index (κ1) is 20.8. The van der Waals surface area contributed by atoms with Crippen LogP contribution in [-0.2, 0) is 22.0 Å². The molecule has 0 amide bonds. The lowest BCUT2D eigenvalue weighted by molar-refractivity contribution is -0.136. The van der Waals surface area contributed by atoms with E-state index in [1.54, 1.807) is 0 Å². The van der Waals surface area contributed by atoms with Crippen LogP contribution in [-0.4, -0.2) is 23.2 Å². The van der Waals surface area contributed by atoms with Crippen LogP contribution in [0, 0.1) is 0 Å². The Bertz CT molecular complexity index is 789. The van der Waals surface area contributed by atoms with E-state index in [-0.39, 0.29) is 17.3 Å². The lowest BCUT2D eigenvalue weighted by atomic mass is 9.79. The average Bonchev–Trinajstić information content (AvgIpc) is 2.52. The number of anilines is 2. The highest BCUT2D eigenvalue weighted by Gasteiger charge is 2.27. The summed E-state index contributed by atoms with van der Waals surface area (Å²) in [7, 11) is 1.98. The van der Waals surface area contributed by atoms with Crippen molar-refractivity contribution >= 4 is 17.3 Å². The first-order chi connectivity index (χ1) is 12.3. The SMILES string of the molecule is CN(c1ccc(CC(=O)O)cc1)c1cc(C(C)(C)C)c(O)c(C(C)(C)C)c1. The van der Waals surface area contributed by atoms with Crippen molar-refractivity contribution in [2.45, 2.75) is 58.8 Å². The fourth-order valence-electron chi connectivity index (χ4n) is 3.12. The quantitative estimate of drug-likeness (QED) is 0.759. The number of hydrogen-bond donors (Lipinski definition) is 2.